The lowest BCUT2D eigenvalue weighted by Crippen LogP contribution is -2.36. The molecule has 5 heteroatoms. The quantitative estimate of drug-likeness (QED) is 0.787. The van der Waals surface area contributed by atoms with Crippen molar-refractivity contribution in [2.45, 2.75) is 6.42 Å². The van der Waals surface area contributed by atoms with E-state index in [4.69, 9.17) is 16.2 Å². The van der Waals surface area contributed by atoms with Gasteiger partial charge in [0.15, 0.2) is 0 Å². The Morgan fingerprint density at radius 1 is 1.47 bits per heavy atom. The third-order valence-corrected chi connectivity index (χ3v) is 3.28. The lowest BCUT2D eigenvalue weighted by molar-refractivity contribution is -0.119. The average Bonchev–Trinajstić information content (AvgIpc) is 2.40. The van der Waals surface area contributed by atoms with E-state index in [1.807, 2.05) is 23.1 Å². The fourth-order valence-corrected chi connectivity index (χ4v) is 2.25. The first-order valence-corrected chi connectivity index (χ1v) is 6.23. The average molecular weight is 261 g/mol. The number of carbonyl (C=O) groups is 1. The molecule has 0 radical (unpaired) electrons. The van der Waals surface area contributed by atoms with Crippen molar-refractivity contribution in [3.63, 3.8) is 0 Å². The van der Waals surface area contributed by atoms with Gasteiger partial charge in [-0.3, -0.25) is 9.69 Å². The number of methoxy groups -OCH3 is 1. The van der Waals surface area contributed by atoms with Gasteiger partial charge in [0.1, 0.15) is 5.75 Å². The topological polar surface area (TPSA) is 81.6 Å². The number of nitrogen functional groups attached to an aromatic ring is 1. The maximum atomic E-state index is 10.9. The molecule has 4 N–H and O–H groups in total. The van der Waals surface area contributed by atoms with Gasteiger partial charge in [-0.1, -0.05) is 12.1 Å². The van der Waals surface area contributed by atoms with Crippen LogP contribution in [0.1, 0.15) is 12.0 Å². The van der Waals surface area contributed by atoms with Gasteiger partial charge in [-0.05, 0) is 29.7 Å². The van der Waals surface area contributed by atoms with Crippen molar-refractivity contribution in [1.82, 2.24) is 4.90 Å². The first-order chi connectivity index (χ1) is 9.10. The lowest BCUT2D eigenvalue weighted by Gasteiger charge is -2.25. The Labute approximate surface area is 112 Å². The predicted molar refractivity (Wildman–Crippen MR) is 75.6 cm³/mol. The van der Waals surface area contributed by atoms with Gasteiger partial charge in [0.05, 0.1) is 19.3 Å². The summed E-state index contributed by atoms with van der Waals surface area (Å²) < 4.78 is 5.23. The Bertz CT molecular complexity index is 511. The van der Waals surface area contributed by atoms with E-state index in [0.717, 1.165) is 25.1 Å². The maximum absolute atomic E-state index is 10.9. The lowest BCUT2D eigenvalue weighted by atomic mass is 9.99. The first kappa shape index (κ1) is 13.4. The number of ether oxygens (including phenoxy) is 1. The fourth-order valence-electron chi connectivity index (χ4n) is 2.25. The van der Waals surface area contributed by atoms with Crippen molar-refractivity contribution < 1.29 is 9.53 Å². The SMILES string of the molecule is COc1cc(C2=CCN(CC(N)=O)CC2)ccc1N. The van der Waals surface area contributed by atoms with Crippen LogP contribution in [0.15, 0.2) is 24.3 Å². The van der Waals surface area contributed by atoms with Crippen LogP contribution in [0.5, 0.6) is 5.75 Å². The largest absolute Gasteiger partial charge is 0.495 e. The van der Waals surface area contributed by atoms with Crippen LogP contribution in [0.3, 0.4) is 0 Å². The van der Waals surface area contributed by atoms with Crippen LogP contribution in [0.4, 0.5) is 5.69 Å². The van der Waals surface area contributed by atoms with Crippen molar-refractivity contribution in [1.29, 1.82) is 0 Å². The zero-order valence-electron chi connectivity index (χ0n) is 11.1. The number of rotatable bonds is 4. The van der Waals surface area contributed by atoms with Gasteiger partial charge < -0.3 is 16.2 Å². The minimum Gasteiger partial charge on any atom is -0.495 e. The summed E-state index contributed by atoms with van der Waals surface area (Å²) in [7, 11) is 1.61. The predicted octanol–water partition coefficient (Wildman–Crippen LogP) is 0.852. The van der Waals surface area contributed by atoms with Crippen LogP contribution in [-0.4, -0.2) is 37.6 Å². The Morgan fingerprint density at radius 2 is 2.26 bits per heavy atom. The zero-order valence-corrected chi connectivity index (χ0v) is 11.1. The van der Waals surface area contributed by atoms with Crippen molar-refractivity contribution in [2.75, 3.05) is 32.5 Å². The van der Waals surface area contributed by atoms with E-state index in [0.29, 0.717) is 18.0 Å². The standard InChI is InChI=1S/C14H19N3O2/c1-19-13-8-11(2-3-12(13)15)10-4-6-17(7-5-10)9-14(16)18/h2-4,8H,5-7,9,15H2,1H3,(H2,16,18). The van der Waals surface area contributed by atoms with E-state index in [2.05, 4.69) is 6.08 Å². The van der Waals surface area contributed by atoms with E-state index in [1.165, 1.54) is 5.57 Å². The third-order valence-electron chi connectivity index (χ3n) is 3.28. The molecule has 0 unspecified atom stereocenters. The van der Waals surface area contributed by atoms with E-state index in [1.54, 1.807) is 7.11 Å². The minimum atomic E-state index is -0.286. The van der Waals surface area contributed by atoms with E-state index < -0.39 is 0 Å². The Balaban J connectivity index is 2.11. The van der Waals surface area contributed by atoms with E-state index >= 15 is 0 Å². The number of amides is 1. The van der Waals surface area contributed by atoms with Gasteiger partial charge in [-0.15, -0.1) is 0 Å². The van der Waals surface area contributed by atoms with Gasteiger partial charge in [-0.2, -0.15) is 0 Å². The molecule has 0 bridgehead atoms. The molecule has 0 aliphatic carbocycles. The molecule has 19 heavy (non-hydrogen) atoms. The highest BCUT2D eigenvalue weighted by Crippen LogP contribution is 2.29. The zero-order chi connectivity index (χ0) is 13.8. The number of hydrogen-bond donors (Lipinski definition) is 2. The summed E-state index contributed by atoms with van der Waals surface area (Å²) >= 11 is 0. The number of hydrogen-bond acceptors (Lipinski definition) is 4. The summed E-state index contributed by atoms with van der Waals surface area (Å²) in [6.45, 7) is 1.89. The summed E-state index contributed by atoms with van der Waals surface area (Å²) in [5, 5.41) is 0. The molecule has 0 fully saturated rings. The third kappa shape index (κ3) is 3.26. The minimum absolute atomic E-state index is 0.286. The molecule has 1 aliphatic heterocycles. The molecule has 102 valence electrons. The van der Waals surface area contributed by atoms with Gasteiger partial charge in [-0.25, -0.2) is 0 Å². The number of benzene rings is 1. The Morgan fingerprint density at radius 3 is 2.84 bits per heavy atom. The molecule has 1 amide bonds. The molecular weight excluding hydrogens is 242 g/mol. The molecule has 1 heterocycles. The number of primary amides is 1. The summed E-state index contributed by atoms with van der Waals surface area (Å²) in [6, 6.07) is 5.79. The van der Waals surface area contributed by atoms with E-state index in [-0.39, 0.29) is 5.91 Å². The molecule has 1 aliphatic rings. The Kier molecular flexibility index (Phi) is 4.06. The number of anilines is 1. The highest BCUT2D eigenvalue weighted by atomic mass is 16.5. The van der Waals surface area contributed by atoms with Crippen LogP contribution >= 0.6 is 0 Å². The normalized spacial score (nSPS) is 15.9. The van der Waals surface area contributed by atoms with Gasteiger partial charge in [0.25, 0.3) is 0 Å². The highest BCUT2D eigenvalue weighted by molar-refractivity contribution is 5.76. The highest BCUT2D eigenvalue weighted by Gasteiger charge is 2.15. The number of nitrogens with zero attached hydrogens (tertiary/aromatic N) is 1. The molecule has 5 nitrogen and oxygen atoms in total. The number of nitrogens with two attached hydrogens (primary N) is 2. The molecule has 0 aromatic heterocycles. The molecule has 0 saturated carbocycles. The Hall–Kier alpha value is -2.01. The van der Waals surface area contributed by atoms with E-state index in [9.17, 15) is 4.79 Å². The number of carbonyl (C=O) groups excluding carboxylic acids is 1. The fraction of sp³-hybridized carbons (Fsp3) is 0.357. The van der Waals surface area contributed by atoms with Crippen molar-refractivity contribution >= 4 is 17.2 Å². The maximum Gasteiger partial charge on any atom is 0.231 e. The molecule has 2 rings (SSSR count). The smallest absolute Gasteiger partial charge is 0.231 e. The molecule has 0 atom stereocenters. The van der Waals surface area contributed by atoms with Gasteiger partial charge in [0, 0.05) is 13.1 Å². The van der Waals surface area contributed by atoms with Gasteiger partial charge in [0.2, 0.25) is 5.91 Å². The van der Waals surface area contributed by atoms with Crippen LogP contribution in [0.25, 0.3) is 5.57 Å². The molecule has 1 aromatic carbocycles. The first-order valence-electron chi connectivity index (χ1n) is 6.23. The van der Waals surface area contributed by atoms with Crippen LogP contribution in [0.2, 0.25) is 0 Å². The van der Waals surface area contributed by atoms with Crippen molar-refractivity contribution in [2.24, 2.45) is 5.73 Å². The van der Waals surface area contributed by atoms with Crippen molar-refractivity contribution in [3.05, 3.63) is 29.8 Å². The summed E-state index contributed by atoms with van der Waals surface area (Å²) in [4.78, 5) is 12.9. The summed E-state index contributed by atoms with van der Waals surface area (Å²) in [5.74, 6) is 0.406. The van der Waals surface area contributed by atoms with Gasteiger partial charge >= 0.3 is 0 Å². The van der Waals surface area contributed by atoms with Crippen molar-refractivity contribution in [3.8, 4) is 5.75 Å². The van der Waals surface area contributed by atoms with Crippen LogP contribution < -0.4 is 16.2 Å². The molecule has 1 aromatic rings. The molecular formula is C14H19N3O2. The monoisotopic (exact) mass is 261 g/mol. The molecule has 0 saturated heterocycles. The second-order valence-electron chi connectivity index (χ2n) is 4.64. The van der Waals surface area contributed by atoms with Crippen LogP contribution in [-0.2, 0) is 4.79 Å². The molecule has 0 spiro atoms. The second-order valence-corrected chi connectivity index (χ2v) is 4.64. The summed E-state index contributed by atoms with van der Waals surface area (Å²) in [6.07, 6.45) is 3.01. The summed E-state index contributed by atoms with van der Waals surface area (Å²) in [5.41, 5.74) is 14.0. The van der Waals surface area contributed by atoms with Crippen LogP contribution in [0, 0.1) is 0 Å². The second kappa shape index (κ2) is 5.75.